The van der Waals surface area contributed by atoms with Gasteiger partial charge in [-0.1, -0.05) is 41.6 Å². The summed E-state index contributed by atoms with van der Waals surface area (Å²) < 4.78 is 12.4. The van der Waals surface area contributed by atoms with E-state index in [4.69, 9.17) is 9.15 Å². The van der Waals surface area contributed by atoms with Gasteiger partial charge in [0, 0.05) is 9.49 Å². The summed E-state index contributed by atoms with van der Waals surface area (Å²) in [6, 6.07) is 14.5. The molecule has 3 rings (SSSR count). The molecule has 1 atom stereocenters. The first-order valence-electron chi connectivity index (χ1n) is 7.25. The molecule has 0 fully saturated rings. The molecule has 0 amide bonds. The van der Waals surface area contributed by atoms with Crippen LogP contribution in [-0.2, 0) is 5.60 Å². The Morgan fingerprint density at radius 2 is 1.86 bits per heavy atom. The molecular formula is C18H19IO2. The van der Waals surface area contributed by atoms with Crippen molar-refractivity contribution in [2.24, 2.45) is 0 Å². The van der Waals surface area contributed by atoms with Crippen LogP contribution in [0, 0.1) is 0 Å². The van der Waals surface area contributed by atoms with E-state index in [1.54, 1.807) is 0 Å². The van der Waals surface area contributed by atoms with E-state index in [2.05, 4.69) is 73.7 Å². The van der Waals surface area contributed by atoms with Crippen LogP contribution in [0.3, 0.4) is 0 Å². The van der Waals surface area contributed by atoms with Crippen LogP contribution in [-0.4, -0.2) is 0 Å². The highest BCUT2D eigenvalue weighted by Gasteiger charge is 2.27. The van der Waals surface area contributed by atoms with Crippen molar-refractivity contribution in [2.75, 3.05) is 0 Å². The van der Waals surface area contributed by atoms with Gasteiger partial charge in [-0.3, -0.25) is 0 Å². The summed E-state index contributed by atoms with van der Waals surface area (Å²) in [6.07, 6.45) is 1.14. The summed E-state index contributed by atoms with van der Waals surface area (Å²) >= 11 is 2.47. The maximum atomic E-state index is 6.19. The predicted octanol–water partition coefficient (Wildman–Crippen LogP) is 6.07. The molecule has 0 saturated carbocycles. The highest BCUT2D eigenvalue weighted by molar-refractivity contribution is 14.1. The van der Waals surface area contributed by atoms with Gasteiger partial charge in [0.25, 0.3) is 0 Å². The Labute approximate surface area is 139 Å². The molecule has 0 aliphatic rings. The fraction of sp³-hybridized carbons (Fsp3) is 0.333. The molecule has 2 bridgehead atoms. The van der Waals surface area contributed by atoms with Gasteiger partial charge >= 0.3 is 0 Å². The number of hydrogen-bond donors (Lipinski definition) is 0. The number of benzene rings is 2. The van der Waals surface area contributed by atoms with E-state index in [1.165, 1.54) is 5.56 Å². The molecule has 1 unspecified atom stereocenters. The lowest BCUT2D eigenvalue weighted by Gasteiger charge is -2.26. The van der Waals surface area contributed by atoms with E-state index in [1.807, 2.05) is 12.1 Å². The SMILES string of the molecule is CCC(I)c1ccc(OC(C)(C)c2cc3ccc2o3)cc1. The van der Waals surface area contributed by atoms with E-state index >= 15 is 0 Å². The van der Waals surface area contributed by atoms with Crippen molar-refractivity contribution in [3.63, 3.8) is 0 Å². The van der Waals surface area contributed by atoms with Crippen molar-refractivity contribution in [3.05, 3.63) is 53.6 Å². The zero-order valence-electron chi connectivity index (χ0n) is 12.5. The van der Waals surface area contributed by atoms with E-state index in [0.717, 1.165) is 28.9 Å². The monoisotopic (exact) mass is 394 g/mol. The second-order valence-corrected chi connectivity index (χ2v) is 7.32. The minimum atomic E-state index is -0.405. The number of alkyl halides is 1. The lowest BCUT2D eigenvalue weighted by atomic mass is 9.98. The minimum Gasteiger partial charge on any atom is -0.483 e. The maximum absolute atomic E-state index is 6.19. The first kappa shape index (κ1) is 14.7. The standard InChI is InChI=1S/C18H19IO2/c1-4-16(19)12-5-7-13(8-6-12)21-18(2,3)15-11-14-9-10-17(15)20-14/h5-11,16H,4H2,1-3H3. The number of furan rings is 2. The smallest absolute Gasteiger partial charge is 0.134 e. The van der Waals surface area contributed by atoms with Gasteiger partial charge in [-0.2, -0.15) is 0 Å². The van der Waals surface area contributed by atoms with Crippen LogP contribution < -0.4 is 4.74 Å². The predicted molar refractivity (Wildman–Crippen MR) is 94.5 cm³/mol. The second kappa shape index (κ2) is 5.52. The Bertz CT molecular complexity index is 712. The first-order chi connectivity index (χ1) is 9.99. The van der Waals surface area contributed by atoms with Crippen LogP contribution in [0.15, 0.2) is 46.9 Å². The maximum Gasteiger partial charge on any atom is 0.134 e. The number of fused-ring (bicyclic) bond motifs is 2. The Balaban J connectivity index is 1.80. The van der Waals surface area contributed by atoms with Crippen molar-refractivity contribution in [1.29, 1.82) is 0 Å². The molecule has 0 aliphatic carbocycles. The van der Waals surface area contributed by atoms with E-state index in [9.17, 15) is 0 Å². The molecule has 0 radical (unpaired) electrons. The summed E-state index contributed by atoms with van der Waals surface area (Å²) in [5.74, 6) is 0.890. The molecule has 2 nitrogen and oxygen atoms in total. The van der Waals surface area contributed by atoms with Gasteiger partial charge in [0.05, 0.1) is 0 Å². The largest absolute Gasteiger partial charge is 0.483 e. The third-order valence-electron chi connectivity index (χ3n) is 3.80. The Morgan fingerprint density at radius 3 is 2.38 bits per heavy atom. The molecular weight excluding hydrogens is 375 g/mol. The van der Waals surface area contributed by atoms with Crippen LogP contribution >= 0.6 is 22.6 Å². The quantitative estimate of drug-likeness (QED) is 0.387. The molecule has 3 heteroatoms. The molecule has 21 heavy (non-hydrogen) atoms. The fourth-order valence-electron chi connectivity index (χ4n) is 2.59. The number of ether oxygens (including phenoxy) is 1. The zero-order chi connectivity index (χ0) is 15.0. The first-order valence-corrected chi connectivity index (χ1v) is 8.49. The molecule has 0 spiro atoms. The van der Waals surface area contributed by atoms with Crippen LogP contribution in [0.1, 0.15) is 42.2 Å². The molecule has 110 valence electrons. The summed E-state index contributed by atoms with van der Waals surface area (Å²) in [4.78, 5) is 0. The zero-order valence-corrected chi connectivity index (χ0v) is 14.7. The molecule has 0 N–H and O–H groups in total. The minimum absolute atomic E-state index is 0.405. The molecule has 2 aromatic heterocycles. The van der Waals surface area contributed by atoms with Gasteiger partial charge in [0.1, 0.15) is 22.5 Å². The van der Waals surface area contributed by atoms with E-state index < -0.39 is 5.60 Å². The lowest BCUT2D eigenvalue weighted by molar-refractivity contribution is 0.110. The van der Waals surface area contributed by atoms with Crippen molar-refractivity contribution in [2.45, 2.75) is 36.7 Å². The van der Waals surface area contributed by atoms with Gasteiger partial charge < -0.3 is 9.15 Å². The average molecular weight is 394 g/mol. The van der Waals surface area contributed by atoms with Gasteiger partial charge in [-0.05, 0) is 56.2 Å². The van der Waals surface area contributed by atoms with Crippen molar-refractivity contribution in [1.82, 2.24) is 0 Å². The summed E-state index contributed by atoms with van der Waals surface area (Å²) in [5.41, 5.74) is 3.85. The third kappa shape index (κ3) is 2.89. The van der Waals surface area contributed by atoms with Gasteiger partial charge in [0.15, 0.2) is 0 Å². The van der Waals surface area contributed by atoms with Crippen LogP contribution in [0.25, 0.3) is 11.2 Å². The second-order valence-electron chi connectivity index (χ2n) is 5.82. The Hall–Kier alpha value is -1.23. The molecule has 0 aliphatic heterocycles. The normalized spacial score (nSPS) is 13.7. The molecule has 0 saturated heterocycles. The van der Waals surface area contributed by atoms with Crippen LogP contribution in [0.2, 0.25) is 0 Å². The van der Waals surface area contributed by atoms with Crippen molar-refractivity contribution < 1.29 is 9.15 Å². The highest BCUT2D eigenvalue weighted by Crippen LogP contribution is 2.35. The van der Waals surface area contributed by atoms with Gasteiger partial charge in [-0.25, -0.2) is 0 Å². The summed E-state index contributed by atoms with van der Waals surface area (Å²) in [7, 11) is 0. The van der Waals surface area contributed by atoms with Crippen LogP contribution in [0.5, 0.6) is 5.75 Å². The van der Waals surface area contributed by atoms with E-state index in [-0.39, 0.29) is 0 Å². The topological polar surface area (TPSA) is 22.4 Å². The van der Waals surface area contributed by atoms with E-state index in [0.29, 0.717) is 3.92 Å². The number of halogens is 1. The fourth-order valence-corrected chi connectivity index (χ4v) is 3.00. The Kier molecular flexibility index (Phi) is 3.86. The number of hydrogen-bond acceptors (Lipinski definition) is 2. The molecule has 1 aromatic carbocycles. The van der Waals surface area contributed by atoms with Crippen molar-refractivity contribution >= 4 is 33.8 Å². The Morgan fingerprint density at radius 1 is 1.14 bits per heavy atom. The summed E-state index contributed by atoms with van der Waals surface area (Å²) in [5, 5.41) is 0. The third-order valence-corrected chi connectivity index (χ3v) is 5.40. The number of rotatable bonds is 5. The van der Waals surface area contributed by atoms with Gasteiger partial charge in [-0.15, -0.1) is 0 Å². The highest BCUT2D eigenvalue weighted by atomic mass is 127. The lowest BCUT2D eigenvalue weighted by Crippen LogP contribution is -2.24. The van der Waals surface area contributed by atoms with Crippen LogP contribution in [0.4, 0.5) is 0 Å². The average Bonchev–Trinajstić information content (AvgIpc) is 3.10. The molecule has 2 heterocycles. The summed E-state index contributed by atoms with van der Waals surface area (Å²) in [6.45, 7) is 6.35. The molecule has 3 aromatic rings. The van der Waals surface area contributed by atoms with Gasteiger partial charge in [0.2, 0.25) is 0 Å². The van der Waals surface area contributed by atoms with Crippen molar-refractivity contribution in [3.8, 4) is 5.75 Å².